The van der Waals surface area contributed by atoms with Gasteiger partial charge in [-0.25, -0.2) is 0 Å². The summed E-state index contributed by atoms with van der Waals surface area (Å²) in [6, 6.07) is 8.12. The first kappa shape index (κ1) is 10.5. The van der Waals surface area contributed by atoms with E-state index in [1.807, 2.05) is 31.2 Å². The van der Waals surface area contributed by atoms with Gasteiger partial charge in [0.1, 0.15) is 5.78 Å². The SMILES string of the molecule is CC(=O)C(C)c1ccc(CBr)cc1. The molecule has 0 amide bonds. The molecule has 0 aliphatic rings. The zero-order valence-electron chi connectivity index (χ0n) is 7.88. The number of rotatable bonds is 3. The Hall–Kier alpha value is -0.630. The van der Waals surface area contributed by atoms with Crippen molar-refractivity contribution in [3.63, 3.8) is 0 Å². The van der Waals surface area contributed by atoms with Gasteiger partial charge in [0.25, 0.3) is 0 Å². The lowest BCUT2D eigenvalue weighted by atomic mass is 9.97. The Bertz CT molecular complexity index is 289. The van der Waals surface area contributed by atoms with Crippen molar-refractivity contribution in [2.45, 2.75) is 25.1 Å². The highest BCUT2D eigenvalue weighted by Crippen LogP contribution is 2.17. The summed E-state index contributed by atoms with van der Waals surface area (Å²) in [7, 11) is 0. The Balaban J connectivity index is 2.85. The molecule has 1 aromatic carbocycles. The summed E-state index contributed by atoms with van der Waals surface area (Å²) in [5.74, 6) is 0.232. The summed E-state index contributed by atoms with van der Waals surface area (Å²) in [6.45, 7) is 3.56. The van der Waals surface area contributed by atoms with E-state index >= 15 is 0 Å². The summed E-state index contributed by atoms with van der Waals surface area (Å²) in [5, 5.41) is 0.863. The van der Waals surface area contributed by atoms with Crippen molar-refractivity contribution in [1.82, 2.24) is 0 Å². The van der Waals surface area contributed by atoms with E-state index in [2.05, 4.69) is 15.9 Å². The summed E-state index contributed by atoms with van der Waals surface area (Å²) >= 11 is 3.38. The van der Waals surface area contributed by atoms with Gasteiger partial charge >= 0.3 is 0 Å². The van der Waals surface area contributed by atoms with Crippen LogP contribution in [0.1, 0.15) is 30.9 Å². The first-order valence-electron chi connectivity index (χ1n) is 4.30. The molecule has 0 bridgehead atoms. The van der Waals surface area contributed by atoms with Gasteiger partial charge in [-0.2, -0.15) is 0 Å². The second-order valence-corrected chi connectivity index (χ2v) is 3.77. The van der Waals surface area contributed by atoms with Crippen molar-refractivity contribution in [3.8, 4) is 0 Å². The fourth-order valence-electron chi connectivity index (χ4n) is 1.13. The molecule has 0 spiro atoms. The van der Waals surface area contributed by atoms with Crippen molar-refractivity contribution in [2.24, 2.45) is 0 Å². The van der Waals surface area contributed by atoms with E-state index in [4.69, 9.17) is 0 Å². The maximum atomic E-state index is 11.1. The molecule has 0 fully saturated rings. The first-order valence-corrected chi connectivity index (χ1v) is 5.42. The van der Waals surface area contributed by atoms with E-state index in [0.717, 1.165) is 10.9 Å². The van der Waals surface area contributed by atoms with Crippen molar-refractivity contribution in [1.29, 1.82) is 0 Å². The zero-order valence-corrected chi connectivity index (χ0v) is 9.47. The fraction of sp³-hybridized carbons (Fsp3) is 0.364. The molecule has 1 aromatic rings. The molecule has 0 heterocycles. The molecule has 1 nitrogen and oxygen atoms in total. The monoisotopic (exact) mass is 240 g/mol. The van der Waals surface area contributed by atoms with Crippen molar-refractivity contribution < 1.29 is 4.79 Å². The van der Waals surface area contributed by atoms with Crippen LogP contribution in [0.5, 0.6) is 0 Å². The second-order valence-electron chi connectivity index (χ2n) is 3.21. The number of halogens is 1. The van der Waals surface area contributed by atoms with Crippen LogP contribution in [0.3, 0.4) is 0 Å². The minimum Gasteiger partial charge on any atom is -0.299 e. The lowest BCUT2D eigenvalue weighted by Gasteiger charge is -2.07. The molecule has 0 aromatic heterocycles. The first-order chi connectivity index (χ1) is 6.15. The molecule has 0 aliphatic carbocycles. The summed E-state index contributed by atoms with van der Waals surface area (Å²) < 4.78 is 0. The molecule has 1 rings (SSSR count). The van der Waals surface area contributed by atoms with Gasteiger partial charge in [-0.3, -0.25) is 4.79 Å². The van der Waals surface area contributed by atoms with Crippen LogP contribution in [0, 0.1) is 0 Å². The van der Waals surface area contributed by atoms with Crippen LogP contribution in [-0.2, 0) is 10.1 Å². The third kappa shape index (κ3) is 2.66. The molecular formula is C11H13BrO. The topological polar surface area (TPSA) is 17.1 Å². The van der Waals surface area contributed by atoms with E-state index in [9.17, 15) is 4.79 Å². The lowest BCUT2D eigenvalue weighted by molar-refractivity contribution is -0.118. The number of carbonyl (C=O) groups is 1. The van der Waals surface area contributed by atoms with Gasteiger partial charge in [-0.15, -0.1) is 0 Å². The molecule has 2 heteroatoms. The van der Waals surface area contributed by atoms with E-state index in [-0.39, 0.29) is 11.7 Å². The van der Waals surface area contributed by atoms with Crippen LogP contribution in [0.2, 0.25) is 0 Å². The molecule has 0 saturated heterocycles. The Morgan fingerprint density at radius 2 is 1.92 bits per heavy atom. The smallest absolute Gasteiger partial charge is 0.136 e. The second kappa shape index (κ2) is 4.56. The highest BCUT2D eigenvalue weighted by Gasteiger charge is 2.09. The number of ketones is 1. The van der Waals surface area contributed by atoms with Crippen LogP contribution in [-0.4, -0.2) is 5.78 Å². The highest BCUT2D eigenvalue weighted by molar-refractivity contribution is 9.08. The number of benzene rings is 1. The van der Waals surface area contributed by atoms with Crippen LogP contribution >= 0.6 is 15.9 Å². The van der Waals surface area contributed by atoms with Crippen LogP contribution in [0.4, 0.5) is 0 Å². The predicted molar refractivity (Wildman–Crippen MR) is 58.2 cm³/mol. The third-order valence-corrected chi connectivity index (χ3v) is 2.89. The molecule has 1 atom stereocenters. The van der Waals surface area contributed by atoms with Gasteiger partial charge in [-0.1, -0.05) is 47.1 Å². The zero-order chi connectivity index (χ0) is 9.84. The van der Waals surface area contributed by atoms with Crippen LogP contribution < -0.4 is 0 Å². The Morgan fingerprint density at radius 3 is 2.31 bits per heavy atom. The minimum atomic E-state index is 0.0179. The predicted octanol–water partition coefficient (Wildman–Crippen LogP) is 3.27. The summed E-state index contributed by atoms with van der Waals surface area (Å²) in [6.07, 6.45) is 0. The third-order valence-electron chi connectivity index (χ3n) is 2.24. The van der Waals surface area contributed by atoms with Crippen LogP contribution in [0.15, 0.2) is 24.3 Å². The van der Waals surface area contributed by atoms with Gasteiger partial charge in [0.15, 0.2) is 0 Å². The fourth-order valence-corrected chi connectivity index (χ4v) is 1.50. The molecule has 0 aliphatic heterocycles. The van der Waals surface area contributed by atoms with Gasteiger partial charge in [0, 0.05) is 11.2 Å². The molecule has 1 unspecified atom stereocenters. The highest BCUT2D eigenvalue weighted by atomic mass is 79.9. The van der Waals surface area contributed by atoms with Crippen molar-refractivity contribution >= 4 is 21.7 Å². The Labute approximate surface area is 87.3 Å². The van der Waals surface area contributed by atoms with Crippen molar-refractivity contribution in [3.05, 3.63) is 35.4 Å². The van der Waals surface area contributed by atoms with Gasteiger partial charge in [0.2, 0.25) is 0 Å². The summed E-state index contributed by atoms with van der Waals surface area (Å²) in [4.78, 5) is 11.1. The van der Waals surface area contributed by atoms with Gasteiger partial charge in [0.05, 0.1) is 0 Å². The van der Waals surface area contributed by atoms with Crippen LogP contribution in [0.25, 0.3) is 0 Å². The van der Waals surface area contributed by atoms with E-state index < -0.39 is 0 Å². The van der Waals surface area contributed by atoms with E-state index in [1.54, 1.807) is 6.92 Å². The van der Waals surface area contributed by atoms with Crippen molar-refractivity contribution in [2.75, 3.05) is 0 Å². The molecule has 0 N–H and O–H groups in total. The van der Waals surface area contributed by atoms with Gasteiger partial charge < -0.3 is 0 Å². The molecule has 0 saturated carbocycles. The Morgan fingerprint density at radius 1 is 1.38 bits per heavy atom. The summed E-state index contributed by atoms with van der Waals surface area (Å²) in [5.41, 5.74) is 2.33. The quantitative estimate of drug-likeness (QED) is 0.742. The lowest BCUT2D eigenvalue weighted by Crippen LogP contribution is -2.03. The normalized spacial score (nSPS) is 12.5. The minimum absolute atomic E-state index is 0.0179. The number of alkyl halides is 1. The molecule has 0 radical (unpaired) electrons. The van der Waals surface area contributed by atoms with E-state index in [1.165, 1.54) is 5.56 Å². The van der Waals surface area contributed by atoms with Gasteiger partial charge in [-0.05, 0) is 18.1 Å². The average Bonchev–Trinajstić information content (AvgIpc) is 2.17. The van der Waals surface area contributed by atoms with E-state index in [0.29, 0.717) is 0 Å². The number of Topliss-reactive ketones (excluding diaryl/α,β-unsaturated/α-hetero) is 1. The number of hydrogen-bond donors (Lipinski definition) is 0. The average molecular weight is 241 g/mol. The largest absolute Gasteiger partial charge is 0.299 e. The molecule has 70 valence electrons. The number of hydrogen-bond acceptors (Lipinski definition) is 1. The Kier molecular flexibility index (Phi) is 3.67. The maximum absolute atomic E-state index is 11.1. The maximum Gasteiger partial charge on any atom is 0.136 e. The number of carbonyl (C=O) groups excluding carboxylic acids is 1. The standard InChI is InChI=1S/C11H13BrO/c1-8(9(2)13)11-5-3-10(7-12)4-6-11/h3-6,8H,7H2,1-2H3. The molecule has 13 heavy (non-hydrogen) atoms. The molecular weight excluding hydrogens is 228 g/mol.